The highest BCUT2D eigenvalue weighted by atomic mass is 31.2. The van der Waals surface area contributed by atoms with E-state index in [0.29, 0.717) is 6.16 Å². The maximum atomic E-state index is 14.1. The van der Waals surface area contributed by atoms with E-state index in [-0.39, 0.29) is 0 Å². The average Bonchev–Trinajstić information content (AvgIpc) is 2.76. The second-order valence-corrected chi connectivity index (χ2v) is 9.46. The van der Waals surface area contributed by atoms with Crippen LogP contribution >= 0.6 is 7.14 Å². The molecule has 0 aliphatic heterocycles. The Hall–Kier alpha value is -2.89. The van der Waals surface area contributed by atoms with E-state index < -0.39 is 7.14 Å². The summed E-state index contributed by atoms with van der Waals surface area (Å²) in [6.45, 7) is 0. The van der Waals surface area contributed by atoms with Gasteiger partial charge in [-0.15, -0.1) is 0 Å². The predicted molar refractivity (Wildman–Crippen MR) is 115 cm³/mol. The standard InChI is InChI=1S/C25H21OP/c26-27(24-12-6-2-7-13-24,25-14-8-3-9-15-25)20-21-16-18-23(19-17-21)22-10-4-1-5-11-22/h1-19H,20H2. The summed E-state index contributed by atoms with van der Waals surface area (Å²) >= 11 is 0. The van der Waals surface area contributed by atoms with Crippen LogP contribution in [0.25, 0.3) is 11.1 Å². The summed E-state index contributed by atoms with van der Waals surface area (Å²) in [6, 6.07) is 38.4. The van der Waals surface area contributed by atoms with Crippen molar-refractivity contribution in [1.82, 2.24) is 0 Å². The summed E-state index contributed by atoms with van der Waals surface area (Å²) < 4.78 is 14.1. The summed E-state index contributed by atoms with van der Waals surface area (Å²) in [6.07, 6.45) is 0.524. The first-order valence-electron chi connectivity index (χ1n) is 9.10. The Morgan fingerprint density at radius 3 is 1.37 bits per heavy atom. The summed E-state index contributed by atoms with van der Waals surface area (Å²) in [5, 5.41) is 1.81. The van der Waals surface area contributed by atoms with Crippen LogP contribution in [-0.4, -0.2) is 0 Å². The topological polar surface area (TPSA) is 17.1 Å². The Balaban J connectivity index is 1.70. The van der Waals surface area contributed by atoms with Crippen molar-refractivity contribution in [3.05, 3.63) is 121 Å². The molecule has 0 saturated carbocycles. The van der Waals surface area contributed by atoms with Crippen LogP contribution in [0.3, 0.4) is 0 Å². The van der Waals surface area contributed by atoms with E-state index in [0.717, 1.165) is 16.2 Å². The van der Waals surface area contributed by atoms with Crippen molar-refractivity contribution in [2.24, 2.45) is 0 Å². The molecule has 27 heavy (non-hydrogen) atoms. The quantitative estimate of drug-likeness (QED) is 0.403. The fourth-order valence-corrected chi connectivity index (χ4v) is 6.06. The SMILES string of the molecule is O=P(Cc1ccc(-c2ccccc2)cc1)(c1ccccc1)c1ccccc1. The number of hydrogen-bond acceptors (Lipinski definition) is 1. The minimum absolute atomic E-state index is 0.524. The molecule has 0 spiro atoms. The molecule has 4 aromatic carbocycles. The van der Waals surface area contributed by atoms with E-state index in [1.165, 1.54) is 11.1 Å². The average molecular weight is 368 g/mol. The molecule has 2 heteroatoms. The van der Waals surface area contributed by atoms with Gasteiger partial charge in [-0.2, -0.15) is 0 Å². The second kappa shape index (κ2) is 7.78. The summed E-state index contributed by atoms with van der Waals surface area (Å²) in [4.78, 5) is 0. The summed E-state index contributed by atoms with van der Waals surface area (Å²) in [5.41, 5.74) is 3.46. The van der Waals surface area contributed by atoms with Gasteiger partial charge in [-0.05, 0) is 16.7 Å². The molecular weight excluding hydrogens is 347 g/mol. The molecule has 0 heterocycles. The highest BCUT2D eigenvalue weighted by Gasteiger charge is 2.27. The number of benzene rings is 4. The molecule has 0 bridgehead atoms. The first-order valence-corrected chi connectivity index (χ1v) is 11.0. The van der Waals surface area contributed by atoms with Crippen molar-refractivity contribution in [1.29, 1.82) is 0 Å². The molecule has 0 aromatic heterocycles. The highest BCUT2D eigenvalue weighted by Crippen LogP contribution is 2.46. The van der Waals surface area contributed by atoms with Gasteiger partial charge in [-0.3, -0.25) is 0 Å². The van der Waals surface area contributed by atoms with E-state index in [1.54, 1.807) is 0 Å². The third-order valence-electron chi connectivity index (χ3n) is 4.81. The molecular formula is C25H21OP. The molecule has 0 N–H and O–H groups in total. The minimum atomic E-state index is -2.73. The van der Waals surface area contributed by atoms with Gasteiger partial charge in [-0.1, -0.05) is 115 Å². The van der Waals surface area contributed by atoms with Gasteiger partial charge in [0.05, 0.1) is 0 Å². The van der Waals surface area contributed by atoms with Crippen molar-refractivity contribution in [2.75, 3.05) is 0 Å². The molecule has 0 amide bonds. The molecule has 0 fully saturated rings. The van der Waals surface area contributed by atoms with Crippen LogP contribution in [0.2, 0.25) is 0 Å². The molecule has 0 radical (unpaired) electrons. The van der Waals surface area contributed by atoms with Crippen molar-refractivity contribution < 1.29 is 4.57 Å². The maximum Gasteiger partial charge on any atom is 0.147 e. The van der Waals surface area contributed by atoms with Gasteiger partial charge in [-0.25, -0.2) is 0 Å². The van der Waals surface area contributed by atoms with Crippen molar-refractivity contribution in [2.45, 2.75) is 6.16 Å². The lowest BCUT2D eigenvalue weighted by Gasteiger charge is -2.19. The Kier molecular flexibility index (Phi) is 5.05. The van der Waals surface area contributed by atoms with Gasteiger partial charge in [0.1, 0.15) is 7.14 Å². The van der Waals surface area contributed by atoms with Crippen molar-refractivity contribution in [3.8, 4) is 11.1 Å². The van der Waals surface area contributed by atoms with E-state index in [1.807, 2.05) is 78.9 Å². The third-order valence-corrected chi connectivity index (χ3v) is 7.89. The largest absolute Gasteiger partial charge is 0.313 e. The first kappa shape index (κ1) is 17.5. The summed E-state index contributed by atoms with van der Waals surface area (Å²) in [5.74, 6) is 0. The van der Waals surface area contributed by atoms with Gasteiger partial charge < -0.3 is 4.57 Å². The maximum absolute atomic E-state index is 14.1. The number of rotatable bonds is 5. The van der Waals surface area contributed by atoms with E-state index in [9.17, 15) is 4.57 Å². The Morgan fingerprint density at radius 1 is 0.481 bits per heavy atom. The van der Waals surface area contributed by atoms with Crippen LogP contribution in [0.4, 0.5) is 0 Å². The Bertz CT molecular complexity index is 996. The van der Waals surface area contributed by atoms with Crippen LogP contribution < -0.4 is 10.6 Å². The lowest BCUT2D eigenvalue weighted by Crippen LogP contribution is -2.17. The molecule has 0 aliphatic rings. The first-order chi connectivity index (χ1) is 13.3. The zero-order valence-electron chi connectivity index (χ0n) is 15.0. The molecule has 4 aromatic rings. The fourth-order valence-electron chi connectivity index (χ4n) is 3.36. The van der Waals surface area contributed by atoms with Crippen molar-refractivity contribution >= 4 is 17.8 Å². The molecule has 4 rings (SSSR count). The van der Waals surface area contributed by atoms with Gasteiger partial charge in [0.15, 0.2) is 0 Å². The van der Waals surface area contributed by atoms with Crippen LogP contribution in [0.5, 0.6) is 0 Å². The zero-order chi connectivity index (χ0) is 18.5. The fraction of sp³-hybridized carbons (Fsp3) is 0.0400. The smallest absolute Gasteiger partial charge is 0.147 e. The van der Waals surface area contributed by atoms with E-state index in [4.69, 9.17) is 0 Å². The Labute approximate surface area is 160 Å². The van der Waals surface area contributed by atoms with Gasteiger partial charge in [0.2, 0.25) is 0 Å². The zero-order valence-corrected chi connectivity index (χ0v) is 15.9. The molecule has 132 valence electrons. The monoisotopic (exact) mass is 368 g/mol. The van der Waals surface area contributed by atoms with Crippen LogP contribution in [-0.2, 0) is 10.7 Å². The van der Waals surface area contributed by atoms with E-state index in [2.05, 4.69) is 36.4 Å². The van der Waals surface area contributed by atoms with Gasteiger partial charge in [0, 0.05) is 16.8 Å². The van der Waals surface area contributed by atoms with Crippen LogP contribution in [0, 0.1) is 0 Å². The van der Waals surface area contributed by atoms with E-state index >= 15 is 0 Å². The van der Waals surface area contributed by atoms with Crippen LogP contribution in [0.1, 0.15) is 5.56 Å². The molecule has 0 saturated heterocycles. The minimum Gasteiger partial charge on any atom is -0.313 e. The normalized spacial score (nSPS) is 11.3. The molecule has 0 atom stereocenters. The summed E-state index contributed by atoms with van der Waals surface area (Å²) in [7, 11) is -2.73. The van der Waals surface area contributed by atoms with Crippen LogP contribution in [0.15, 0.2) is 115 Å². The van der Waals surface area contributed by atoms with Gasteiger partial charge in [0.25, 0.3) is 0 Å². The molecule has 0 aliphatic carbocycles. The molecule has 1 nitrogen and oxygen atoms in total. The third kappa shape index (κ3) is 3.79. The number of hydrogen-bond donors (Lipinski definition) is 0. The predicted octanol–water partition coefficient (Wildman–Crippen LogP) is 5.87. The lowest BCUT2D eigenvalue weighted by molar-refractivity contribution is 0.586. The molecule has 0 unspecified atom stereocenters. The lowest BCUT2D eigenvalue weighted by atomic mass is 10.0. The van der Waals surface area contributed by atoms with Gasteiger partial charge >= 0.3 is 0 Å². The van der Waals surface area contributed by atoms with Crippen molar-refractivity contribution in [3.63, 3.8) is 0 Å². The second-order valence-electron chi connectivity index (χ2n) is 6.63. The highest BCUT2D eigenvalue weighted by molar-refractivity contribution is 7.78. The Morgan fingerprint density at radius 2 is 0.889 bits per heavy atom.